The van der Waals surface area contributed by atoms with Crippen molar-refractivity contribution in [1.29, 1.82) is 0 Å². The minimum atomic E-state index is -0.0613. The van der Waals surface area contributed by atoms with Crippen LogP contribution in [0.1, 0.15) is 35.4 Å². The van der Waals surface area contributed by atoms with E-state index < -0.39 is 0 Å². The number of para-hydroxylation sites is 1. The molecule has 1 saturated carbocycles. The Kier molecular flexibility index (Phi) is 3.27. The first-order chi connectivity index (χ1) is 12.2. The summed E-state index contributed by atoms with van der Waals surface area (Å²) in [6, 6.07) is 16.9. The summed E-state index contributed by atoms with van der Waals surface area (Å²) in [5, 5.41) is 6.30. The number of hydrogen-bond donors (Lipinski definition) is 2. The van der Waals surface area contributed by atoms with E-state index in [1.807, 2.05) is 18.2 Å². The van der Waals surface area contributed by atoms with Gasteiger partial charge in [0.2, 0.25) is 0 Å². The zero-order valence-electron chi connectivity index (χ0n) is 14.2. The van der Waals surface area contributed by atoms with E-state index in [1.54, 1.807) is 0 Å². The minimum Gasteiger partial charge on any atom is -0.493 e. The number of hydrogen-bond acceptors (Lipinski definition) is 2. The fourth-order valence-electron chi connectivity index (χ4n) is 4.65. The third-order valence-electron chi connectivity index (χ3n) is 6.04. The molecule has 0 saturated heterocycles. The van der Waals surface area contributed by atoms with Crippen molar-refractivity contribution >= 4 is 6.03 Å². The number of carbonyl (C=O) groups is 1. The summed E-state index contributed by atoms with van der Waals surface area (Å²) in [6.07, 6.45) is 1.09. The van der Waals surface area contributed by atoms with Crippen molar-refractivity contribution in [2.75, 3.05) is 6.61 Å². The smallest absolute Gasteiger partial charge is 0.315 e. The van der Waals surface area contributed by atoms with Gasteiger partial charge in [0.15, 0.2) is 0 Å². The predicted octanol–water partition coefficient (Wildman–Crippen LogP) is 3.19. The molecule has 1 heterocycles. The maximum absolute atomic E-state index is 12.5. The van der Waals surface area contributed by atoms with Crippen LogP contribution in [-0.2, 0) is 6.42 Å². The fourth-order valence-corrected chi connectivity index (χ4v) is 4.65. The SMILES string of the molecule is C[C@H](NC(=O)N[C@@H]1[C@@H]2Cc3ccccc3[C@@H]21)[C@H]1COc2ccccc21. The van der Waals surface area contributed by atoms with E-state index in [1.165, 1.54) is 16.7 Å². The van der Waals surface area contributed by atoms with E-state index >= 15 is 0 Å². The van der Waals surface area contributed by atoms with Crippen molar-refractivity contribution in [2.45, 2.75) is 37.3 Å². The number of rotatable bonds is 3. The van der Waals surface area contributed by atoms with Gasteiger partial charge in [0, 0.05) is 29.5 Å². The van der Waals surface area contributed by atoms with E-state index in [2.05, 4.69) is 47.9 Å². The Bertz CT molecular complexity index is 834. The lowest BCUT2D eigenvalue weighted by Crippen LogP contribution is -2.45. The summed E-state index contributed by atoms with van der Waals surface area (Å²) >= 11 is 0. The Morgan fingerprint density at radius 1 is 1.12 bits per heavy atom. The van der Waals surface area contributed by atoms with Crippen LogP contribution in [0.15, 0.2) is 48.5 Å². The van der Waals surface area contributed by atoms with Crippen LogP contribution in [-0.4, -0.2) is 24.7 Å². The monoisotopic (exact) mass is 334 g/mol. The molecule has 5 rings (SSSR count). The van der Waals surface area contributed by atoms with Gasteiger partial charge in [-0.05, 0) is 36.5 Å². The zero-order chi connectivity index (χ0) is 17.0. The first kappa shape index (κ1) is 14.8. The number of carbonyl (C=O) groups excluding carboxylic acids is 1. The Morgan fingerprint density at radius 3 is 2.76 bits per heavy atom. The summed E-state index contributed by atoms with van der Waals surface area (Å²) in [4.78, 5) is 12.5. The number of benzene rings is 2. The Labute approximate surface area is 147 Å². The molecule has 3 aliphatic rings. The molecule has 128 valence electrons. The lowest BCUT2D eigenvalue weighted by atomic mass is 9.94. The molecule has 0 spiro atoms. The lowest BCUT2D eigenvalue weighted by molar-refractivity contribution is 0.232. The number of ether oxygens (including phenoxy) is 1. The normalized spacial score (nSPS) is 29.0. The molecule has 5 atom stereocenters. The maximum Gasteiger partial charge on any atom is 0.315 e. The van der Waals surface area contributed by atoms with Gasteiger partial charge in [-0.2, -0.15) is 0 Å². The highest BCUT2D eigenvalue weighted by atomic mass is 16.5. The zero-order valence-corrected chi connectivity index (χ0v) is 14.2. The van der Waals surface area contributed by atoms with Crippen molar-refractivity contribution in [1.82, 2.24) is 10.6 Å². The maximum atomic E-state index is 12.5. The highest BCUT2D eigenvalue weighted by Crippen LogP contribution is 2.56. The summed E-state index contributed by atoms with van der Waals surface area (Å²) in [5.74, 6) is 2.23. The van der Waals surface area contributed by atoms with Gasteiger partial charge in [-0.3, -0.25) is 0 Å². The first-order valence-electron chi connectivity index (χ1n) is 9.09. The van der Waals surface area contributed by atoms with Crippen LogP contribution in [0, 0.1) is 5.92 Å². The largest absolute Gasteiger partial charge is 0.493 e. The Hall–Kier alpha value is -2.49. The average molecular weight is 334 g/mol. The summed E-state index contributed by atoms with van der Waals surface area (Å²) in [7, 11) is 0. The highest BCUT2D eigenvalue weighted by molar-refractivity contribution is 5.76. The molecule has 0 unspecified atom stereocenters. The van der Waals surface area contributed by atoms with Crippen LogP contribution in [0.5, 0.6) is 5.75 Å². The molecule has 2 aromatic carbocycles. The molecule has 2 amide bonds. The van der Waals surface area contributed by atoms with Crippen LogP contribution in [0.2, 0.25) is 0 Å². The van der Waals surface area contributed by atoms with E-state index in [9.17, 15) is 4.79 Å². The van der Waals surface area contributed by atoms with Crippen molar-refractivity contribution in [3.63, 3.8) is 0 Å². The predicted molar refractivity (Wildman–Crippen MR) is 96.0 cm³/mol. The van der Waals surface area contributed by atoms with Crippen LogP contribution in [0.4, 0.5) is 4.79 Å². The summed E-state index contributed by atoms with van der Waals surface area (Å²) in [6.45, 7) is 2.68. The molecule has 2 aromatic rings. The van der Waals surface area contributed by atoms with Gasteiger partial charge in [-0.25, -0.2) is 4.79 Å². The molecule has 4 heteroatoms. The van der Waals surface area contributed by atoms with E-state index in [0.717, 1.165) is 12.2 Å². The molecule has 25 heavy (non-hydrogen) atoms. The Morgan fingerprint density at radius 2 is 1.88 bits per heavy atom. The second kappa shape index (κ2) is 5.51. The first-order valence-corrected chi connectivity index (χ1v) is 9.09. The van der Waals surface area contributed by atoms with Gasteiger partial charge < -0.3 is 15.4 Å². The molecule has 2 N–H and O–H groups in total. The Balaban J connectivity index is 1.20. The average Bonchev–Trinajstić information content (AvgIpc) is 3.00. The fraction of sp³-hybridized carbons (Fsp3) is 0.381. The van der Waals surface area contributed by atoms with E-state index in [0.29, 0.717) is 18.4 Å². The van der Waals surface area contributed by atoms with E-state index in [-0.39, 0.29) is 24.0 Å². The molecule has 0 radical (unpaired) electrons. The van der Waals surface area contributed by atoms with Gasteiger partial charge in [0.05, 0.1) is 6.61 Å². The van der Waals surface area contributed by atoms with Gasteiger partial charge in [0.25, 0.3) is 0 Å². The lowest BCUT2D eigenvalue weighted by Gasteiger charge is -2.20. The summed E-state index contributed by atoms with van der Waals surface area (Å²) < 4.78 is 5.74. The third kappa shape index (κ3) is 2.39. The second-order valence-corrected chi connectivity index (χ2v) is 7.48. The standard InChI is InChI=1S/C21H22N2O2/c1-12(17-11-25-18-9-5-4-8-15(17)18)22-21(24)23-20-16-10-13-6-2-3-7-14(13)19(16)20/h2-9,12,16-17,19-20H,10-11H2,1H3,(H2,22,23,24)/t12-,16+,17+,19-,20+/m0/s1. The minimum absolute atomic E-state index is 0.0366. The van der Waals surface area contributed by atoms with Crippen LogP contribution < -0.4 is 15.4 Å². The van der Waals surface area contributed by atoms with Crippen molar-refractivity contribution in [2.24, 2.45) is 5.92 Å². The van der Waals surface area contributed by atoms with Crippen LogP contribution in [0.3, 0.4) is 0 Å². The molecular weight excluding hydrogens is 312 g/mol. The molecule has 2 aliphatic carbocycles. The molecule has 4 nitrogen and oxygen atoms in total. The number of amides is 2. The van der Waals surface area contributed by atoms with Gasteiger partial charge >= 0.3 is 6.03 Å². The second-order valence-electron chi connectivity index (χ2n) is 7.48. The number of urea groups is 1. The third-order valence-corrected chi connectivity index (χ3v) is 6.04. The van der Waals surface area contributed by atoms with Gasteiger partial charge in [0.1, 0.15) is 5.75 Å². The molecular formula is C21H22N2O2. The molecule has 0 bridgehead atoms. The van der Waals surface area contributed by atoms with Crippen molar-refractivity contribution in [3.8, 4) is 5.75 Å². The topological polar surface area (TPSA) is 50.4 Å². The van der Waals surface area contributed by atoms with Crippen LogP contribution in [0.25, 0.3) is 0 Å². The molecule has 0 aromatic heterocycles. The number of fused-ring (bicyclic) bond motifs is 4. The van der Waals surface area contributed by atoms with Gasteiger partial charge in [-0.15, -0.1) is 0 Å². The van der Waals surface area contributed by atoms with E-state index in [4.69, 9.17) is 4.74 Å². The highest BCUT2D eigenvalue weighted by Gasteiger charge is 2.56. The summed E-state index contributed by atoms with van der Waals surface area (Å²) in [5.41, 5.74) is 4.06. The van der Waals surface area contributed by atoms with Crippen molar-refractivity contribution in [3.05, 3.63) is 65.2 Å². The van der Waals surface area contributed by atoms with Crippen LogP contribution >= 0.6 is 0 Å². The van der Waals surface area contributed by atoms with Crippen molar-refractivity contribution < 1.29 is 9.53 Å². The number of nitrogens with one attached hydrogen (secondary N) is 2. The molecule has 1 fully saturated rings. The quantitative estimate of drug-likeness (QED) is 0.906. The molecule has 1 aliphatic heterocycles. The van der Waals surface area contributed by atoms with Gasteiger partial charge in [-0.1, -0.05) is 42.5 Å².